The highest BCUT2D eigenvalue weighted by Gasteiger charge is 2.30. The van der Waals surface area contributed by atoms with E-state index in [1.54, 1.807) is 41.6 Å². The molecule has 198 valence electrons. The van der Waals surface area contributed by atoms with Crippen molar-refractivity contribution in [1.29, 1.82) is 0 Å². The maximum absolute atomic E-state index is 13.7. The van der Waals surface area contributed by atoms with Gasteiger partial charge in [-0.25, -0.2) is 4.68 Å². The van der Waals surface area contributed by atoms with Gasteiger partial charge in [0.15, 0.2) is 0 Å². The summed E-state index contributed by atoms with van der Waals surface area (Å²) in [5.74, 6) is -0.311. The standard InChI is InChI=1S/C28H27ClN8O2/c1-17-3-2-4-25(22-13-19(7-9-30-22)27-23(16-32-34-27)33-28(17)39)36-11-8-18(14-26(36)38)21-15-20(29)5-6-24(21)37-12-10-31-35-37/h5-7,9-10,12-17,25H,2-4,8,11H2,1H3,(H,32,34)(H,33,39). The van der Waals surface area contributed by atoms with E-state index in [-0.39, 0.29) is 23.8 Å². The zero-order valence-electron chi connectivity index (χ0n) is 21.3. The SMILES string of the molecule is CC1CCCC(N2CCC(c3cc(Cl)ccc3-n3ccnn3)=CC2=O)c2cc(ccn2)-c2[nH]ncc2NC1=O. The summed E-state index contributed by atoms with van der Waals surface area (Å²) in [6.45, 7) is 2.45. The lowest BCUT2D eigenvalue weighted by Crippen LogP contribution is -2.38. The molecule has 4 aromatic rings. The Bertz CT molecular complexity index is 1560. The van der Waals surface area contributed by atoms with Gasteiger partial charge in [0.25, 0.3) is 0 Å². The molecule has 3 aromatic heterocycles. The van der Waals surface area contributed by atoms with Gasteiger partial charge in [-0.1, -0.05) is 30.2 Å². The van der Waals surface area contributed by atoms with E-state index in [0.717, 1.165) is 34.5 Å². The van der Waals surface area contributed by atoms with E-state index in [1.165, 1.54) is 0 Å². The quantitative estimate of drug-likeness (QED) is 0.383. The number of carbonyl (C=O) groups excluding carboxylic acids is 2. The van der Waals surface area contributed by atoms with Crippen LogP contribution in [0.2, 0.25) is 5.02 Å². The zero-order chi connectivity index (χ0) is 26.9. The van der Waals surface area contributed by atoms with Crippen molar-refractivity contribution in [2.24, 2.45) is 5.92 Å². The van der Waals surface area contributed by atoms with Crippen LogP contribution < -0.4 is 5.32 Å². The third kappa shape index (κ3) is 4.95. The number of pyridine rings is 1. The predicted octanol–water partition coefficient (Wildman–Crippen LogP) is 4.82. The van der Waals surface area contributed by atoms with Gasteiger partial charge in [-0.3, -0.25) is 19.7 Å². The van der Waals surface area contributed by atoms with Crippen molar-refractivity contribution in [2.75, 3.05) is 11.9 Å². The minimum Gasteiger partial charge on any atom is -0.330 e. The molecule has 2 unspecified atom stereocenters. The van der Waals surface area contributed by atoms with Crippen molar-refractivity contribution >= 4 is 34.7 Å². The molecule has 2 amide bonds. The summed E-state index contributed by atoms with van der Waals surface area (Å²) < 4.78 is 1.67. The summed E-state index contributed by atoms with van der Waals surface area (Å²) in [6, 6.07) is 9.17. The minimum absolute atomic E-state index is 0.0459. The lowest BCUT2D eigenvalue weighted by Gasteiger charge is -2.34. The van der Waals surface area contributed by atoms with Crippen molar-refractivity contribution in [3.8, 4) is 16.9 Å². The first-order chi connectivity index (χ1) is 19.0. The van der Waals surface area contributed by atoms with E-state index in [1.807, 2.05) is 36.1 Å². The van der Waals surface area contributed by atoms with Crippen LogP contribution in [-0.4, -0.2) is 53.4 Å². The number of aromatic nitrogens is 6. The third-order valence-electron chi connectivity index (χ3n) is 7.42. The molecule has 1 aromatic carbocycles. The topological polar surface area (TPSA) is 122 Å². The number of aromatic amines is 1. The van der Waals surface area contributed by atoms with Crippen LogP contribution in [0.3, 0.4) is 0 Å². The van der Waals surface area contributed by atoms with E-state index in [2.05, 4.69) is 30.8 Å². The number of halogens is 1. The summed E-state index contributed by atoms with van der Waals surface area (Å²) in [6.07, 6.45) is 11.2. The number of hydrogen-bond acceptors (Lipinski definition) is 6. The Morgan fingerprint density at radius 1 is 1.10 bits per heavy atom. The number of nitrogens with zero attached hydrogens (tertiary/aromatic N) is 6. The number of rotatable bonds is 3. The van der Waals surface area contributed by atoms with Crippen LogP contribution in [-0.2, 0) is 9.59 Å². The Hall–Kier alpha value is -4.31. The average molecular weight is 543 g/mol. The normalized spacial score (nSPS) is 19.9. The van der Waals surface area contributed by atoms with Gasteiger partial charge in [0.1, 0.15) is 0 Å². The van der Waals surface area contributed by atoms with E-state index in [4.69, 9.17) is 11.6 Å². The lowest BCUT2D eigenvalue weighted by molar-refractivity contribution is -0.129. The van der Waals surface area contributed by atoms with Crippen molar-refractivity contribution < 1.29 is 9.59 Å². The Kier molecular flexibility index (Phi) is 6.70. The highest BCUT2D eigenvalue weighted by atomic mass is 35.5. The maximum atomic E-state index is 13.7. The highest BCUT2D eigenvalue weighted by molar-refractivity contribution is 6.30. The first-order valence-electron chi connectivity index (χ1n) is 13.0. The molecule has 11 heteroatoms. The number of fused-ring (bicyclic) bond motifs is 4. The van der Waals surface area contributed by atoms with Gasteiger partial charge in [0.05, 0.1) is 47.4 Å². The highest BCUT2D eigenvalue weighted by Crippen LogP contribution is 2.36. The summed E-state index contributed by atoms with van der Waals surface area (Å²) in [5, 5.41) is 18.8. The fraction of sp³-hybridized carbons (Fsp3) is 0.286. The molecule has 2 atom stereocenters. The molecule has 0 fully saturated rings. The number of carbonyl (C=O) groups is 2. The number of benzene rings is 1. The first-order valence-corrected chi connectivity index (χ1v) is 13.3. The molecule has 39 heavy (non-hydrogen) atoms. The second kappa shape index (κ2) is 10.5. The van der Waals surface area contributed by atoms with Gasteiger partial charge in [-0.05, 0) is 55.2 Å². The molecular weight excluding hydrogens is 516 g/mol. The number of H-pyrrole nitrogens is 1. The Morgan fingerprint density at radius 2 is 2.00 bits per heavy atom. The van der Waals surface area contributed by atoms with Crippen molar-refractivity contribution in [3.63, 3.8) is 0 Å². The van der Waals surface area contributed by atoms with Crippen LogP contribution in [0.4, 0.5) is 5.69 Å². The summed E-state index contributed by atoms with van der Waals surface area (Å²) in [4.78, 5) is 33.1. The fourth-order valence-electron chi connectivity index (χ4n) is 5.33. The lowest BCUT2D eigenvalue weighted by atomic mass is 9.93. The molecule has 2 bridgehead atoms. The van der Waals surface area contributed by atoms with Gasteiger partial charge >= 0.3 is 0 Å². The van der Waals surface area contributed by atoms with Crippen molar-refractivity contribution in [2.45, 2.75) is 38.6 Å². The van der Waals surface area contributed by atoms with E-state index in [9.17, 15) is 9.59 Å². The molecule has 0 aliphatic carbocycles. The van der Waals surface area contributed by atoms with Crippen molar-refractivity contribution in [1.82, 2.24) is 35.1 Å². The van der Waals surface area contributed by atoms with E-state index in [0.29, 0.717) is 42.2 Å². The predicted molar refractivity (Wildman–Crippen MR) is 147 cm³/mol. The maximum Gasteiger partial charge on any atom is 0.247 e. The third-order valence-corrected chi connectivity index (χ3v) is 7.66. The largest absolute Gasteiger partial charge is 0.330 e. The second-order valence-corrected chi connectivity index (χ2v) is 10.4. The Morgan fingerprint density at radius 3 is 2.82 bits per heavy atom. The molecular formula is C28H27ClN8O2. The Labute approximate surface area is 230 Å². The van der Waals surface area contributed by atoms with Crippen LogP contribution in [0.25, 0.3) is 22.5 Å². The summed E-state index contributed by atoms with van der Waals surface area (Å²) in [5.41, 5.74) is 5.57. The van der Waals surface area contributed by atoms with Gasteiger partial charge in [0.2, 0.25) is 11.8 Å². The smallest absolute Gasteiger partial charge is 0.247 e. The van der Waals surface area contributed by atoms with E-state index >= 15 is 0 Å². The molecule has 0 radical (unpaired) electrons. The van der Waals surface area contributed by atoms with Crippen molar-refractivity contribution in [3.05, 3.63) is 77.5 Å². The van der Waals surface area contributed by atoms with Crippen LogP contribution in [0.5, 0.6) is 0 Å². The van der Waals surface area contributed by atoms with Crippen LogP contribution in [0.15, 0.2) is 61.2 Å². The van der Waals surface area contributed by atoms with Gasteiger partial charge in [-0.2, -0.15) is 5.10 Å². The summed E-state index contributed by atoms with van der Waals surface area (Å²) >= 11 is 6.35. The molecule has 10 nitrogen and oxygen atoms in total. The molecule has 2 aliphatic rings. The molecule has 6 rings (SSSR count). The molecule has 0 saturated heterocycles. The molecule has 2 aliphatic heterocycles. The molecule has 2 N–H and O–H groups in total. The van der Waals surface area contributed by atoms with Crippen LogP contribution in [0.1, 0.15) is 49.9 Å². The zero-order valence-corrected chi connectivity index (χ0v) is 22.1. The molecule has 0 saturated carbocycles. The van der Waals surface area contributed by atoms with Crippen LogP contribution >= 0.6 is 11.6 Å². The minimum atomic E-state index is -0.231. The fourth-order valence-corrected chi connectivity index (χ4v) is 5.51. The number of nitrogens with one attached hydrogen (secondary N) is 2. The number of anilines is 1. The van der Waals surface area contributed by atoms with Gasteiger partial charge < -0.3 is 10.2 Å². The number of hydrogen-bond donors (Lipinski definition) is 2. The summed E-state index contributed by atoms with van der Waals surface area (Å²) in [7, 11) is 0. The monoisotopic (exact) mass is 542 g/mol. The second-order valence-electron chi connectivity index (χ2n) is 9.93. The van der Waals surface area contributed by atoms with Gasteiger partial charge in [-0.15, -0.1) is 5.10 Å². The molecule has 5 heterocycles. The van der Waals surface area contributed by atoms with E-state index < -0.39 is 0 Å². The van der Waals surface area contributed by atoms with Crippen LogP contribution in [0, 0.1) is 5.92 Å². The average Bonchev–Trinajstić information content (AvgIpc) is 3.64. The first kappa shape index (κ1) is 25.0. The Balaban J connectivity index is 1.35. The van der Waals surface area contributed by atoms with Gasteiger partial charge in [0, 0.05) is 40.9 Å². The molecule has 0 spiro atoms. The number of amides is 2.